The quantitative estimate of drug-likeness (QED) is 0.257. The van der Waals surface area contributed by atoms with Crippen LogP contribution in [-0.4, -0.2) is 50.5 Å². The number of hydrogen-bond acceptors (Lipinski definition) is 4. The van der Waals surface area contributed by atoms with Gasteiger partial charge < -0.3 is 10.2 Å². The molecule has 0 radical (unpaired) electrons. The molecule has 0 unspecified atom stereocenters. The minimum absolute atomic E-state index is 0.0172. The van der Waals surface area contributed by atoms with Crippen molar-refractivity contribution in [2.45, 2.75) is 45.7 Å². The second-order valence-corrected chi connectivity index (χ2v) is 12.3. The van der Waals surface area contributed by atoms with E-state index in [9.17, 15) is 18.0 Å². The van der Waals surface area contributed by atoms with Gasteiger partial charge in [-0.2, -0.15) is 0 Å². The average Bonchev–Trinajstić information content (AvgIpc) is 2.92. The molecular formula is C30H35Cl2N3O4S. The maximum absolute atomic E-state index is 14.1. The third-order valence-electron chi connectivity index (χ3n) is 6.59. The first-order valence-electron chi connectivity index (χ1n) is 13.1. The van der Waals surface area contributed by atoms with Gasteiger partial charge in [0, 0.05) is 29.6 Å². The summed E-state index contributed by atoms with van der Waals surface area (Å²) in [6.07, 6.45) is 2.97. The molecule has 214 valence electrons. The molecule has 0 saturated heterocycles. The Morgan fingerprint density at radius 2 is 1.57 bits per heavy atom. The smallest absolute Gasteiger partial charge is 0.244 e. The van der Waals surface area contributed by atoms with Gasteiger partial charge >= 0.3 is 0 Å². The zero-order chi connectivity index (χ0) is 29.3. The molecule has 0 saturated carbocycles. The van der Waals surface area contributed by atoms with Gasteiger partial charge in [-0.25, -0.2) is 8.42 Å². The number of hydrogen-bond donors (Lipinski definition) is 1. The molecule has 40 heavy (non-hydrogen) atoms. The number of unbranched alkanes of at least 4 members (excludes halogenated alkanes) is 1. The Morgan fingerprint density at radius 1 is 0.925 bits per heavy atom. The third kappa shape index (κ3) is 8.46. The number of rotatable bonds is 13. The van der Waals surface area contributed by atoms with Crippen LogP contribution in [0.2, 0.25) is 10.0 Å². The fourth-order valence-corrected chi connectivity index (χ4v) is 5.60. The van der Waals surface area contributed by atoms with E-state index in [2.05, 4.69) is 5.32 Å². The van der Waals surface area contributed by atoms with Crippen LogP contribution >= 0.6 is 23.2 Å². The van der Waals surface area contributed by atoms with Crippen molar-refractivity contribution in [2.75, 3.05) is 23.7 Å². The number of nitrogens with zero attached hydrogens (tertiary/aromatic N) is 2. The van der Waals surface area contributed by atoms with Crippen molar-refractivity contribution in [1.29, 1.82) is 0 Å². The number of sulfonamides is 1. The van der Waals surface area contributed by atoms with E-state index < -0.39 is 28.5 Å². The molecular weight excluding hydrogens is 569 g/mol. The number of anilines is 1. The van der Waals surface area contributed by atoms with Gasteiger partial charge in [-0.05, 0) is 48.2 Å². The molecule has 0 aromatic heterocycles. The van der Waals surface area contributed by atoms with Crippen LogP contribution in [0.15, 0.2) is 72.8 Å². The fourth-order valence-electron chi connectivity index (χ4n) is 4.33. The lowest BCUT2D eigenvalue weighted by Gasteiger charge is -2.34. The number of benzene rings is 3. The lowest BCUT2D eigenvalue weighted by molar-refractivity contribution is -0.140. The predicted octanol–water partition coefficient (Wildman–Crippen LogP) is 5.62. The van der Waals surface area contributed by atoms with Crippen LogP contribution in [0.4, 0.5) is 5.69 Å². The Kier molecular flexibility index (Phi) is 11.4. The molecule has 3 aromatic carbocycles. The zero-order valence-electron chi connectivity index (χ0n) is 22.9. The van der Waals surface area contributed by atoms with Crippen LogP contribution in [0.1, 0.15) is 36.5 Å². The molecule has 0 heterocycles. The molecule has 0 aliphatic carbocycles. The Balaban J connectivity index is 2.07. The molecule has 0 aliphatic heterocycles. The molecule has 2 amide bonds. The first-order chi connectivity index (χ1) is 19.0. The summed E-state index contributed by atoms with van der Waals surface area (Å²) in [5.74, 6) is -0.862. The molecule has 3 aromatic rings. The van der Waals surface area contributed by atoms with Crippen LogP contribution in [0.25, 0.3) is 0 Å². The number of nitrogens with one attached hydrogen (secondary N) is 1. The van der Waals surface area contributed by atoms with Crippen LogP contribution in [-0.2, 0) is 32.6 Å². The summed E-state index contributed by atoms with van der Waals surface area (Å²) in [4.78, 5) is 29.1. The van der Waals surface area contributed by atoms with Crippen molar-refractivity contribution < 1.29 is 18.0 Å². The third-order valence-corrected chi connectivity index (χ3v) is 8.49. The van der Waals surface area contributed by atoms with Crippen molar-refractivity contribution in [1.82, 2.24) is 10.2 Å². The highest BCUT2D eigenvalue weighted by molar-refractivity contribution is 7.92. The van der Waals surface area contributed by atoms with E-state index in [0.717, 1.165) is 29.0 Å². The molecule has 10 heteroatoms. The Hall–Kier alpha value is -3.07. The van der Waals surface area contributed by atoms with Crippen molar-refractivity contribution in [3.63, 3.8) is 0 Å². The van der Waals surface area contributed by atoms with E-state index in [-0.39, 0.29) is 18.9 Å². The van der Waals surface area contributed by atoms with Crippen molar-refractivity contribution in [3.8, 4) is 0 Å². The summed E-state index contributed by atoms with van der Waals surface area (Å²) in [5, 5.41) is 3.78. The molecule has 1 atom stereocenters. The summed E-state index contributed by atoms with van der Waals surface area (Å²) in [7, 11) is -3.89. The first kappa shape index (κ1) is 31.5. The fraction of sp³-hybridized carbons (Fsp3) is 0.333. The standard InChI is InChI=1S/C30H35Cl2N3O4S/c1-4-5-18-33-30(37)28(19-23-12-7-6-8-13-23)34(20-24-14-9-10-15-26(24)32)29(36)21-35(40(3,38)39)27-17-11-16-25(31)22(27)2/h6-17,28H,4-5,18-21H2,1-3H3,(H,33,37)/t28-/m0/s1. The van der Waals surface area contributed by atoms with Gasteiger partial charge in [0.15, 0.2) is 0 Å². The van der Waals surface area contributed by atoms with Crippen molar-refractivity contribution in [2.24, 2.45) is 0 Å². The molecule has 0 bridgehead atoms. The van der Waals surface area contributed by atoms with E-state index in [1.807, 2.05) is 37.3 Å². The molecule has 0 spiro atoms. The van der Waals surface area contributed by atoms with Gasteiger partial charge in [0.05, 0.1) is 11.9 Å². The van der Waals surface area contributed by atoms with Gasteiger partial charge in [-0.3, -0.25) is 13.9 Å². The highest BCUT2D eigenvalue weighted by Crippen LogP contribution is 2.29. The van der Waals surface area contributed by atoms with Crippen molar-refractivity contribution >= 4 is 50.7 Å². The summed E-state index contributed by atoms with van der Waals surface area (Å²) in [6, 6.07) is 20.5. The van der Waals surface area contributed by atoms with E-state index in [0.29, 0.717) is 33.4 Å². The average molecular weight is 605 g/mol. The van der Waals surface area contributed by atoms with E-state index in [1.54, 1.807) is 49.4 Å². The molecule has 7 nitrogen and oxygen atoms in total. The molecule has 3 rings (SSSR count). The SMILES string of the molecule is CCCCNC(=O)[C@H](Cc1ccccc1)N(Cc1ccccc1Cl)C(=O)CN(c1cccc(Cl)c1C)S(C)(=O)=O. The minimum atomic E-state index is -3.89. The normalized spacial score (nSPS) is 12.0. The topological polar surface area (TPSA) is 86.8 Å². The summed E-state index contributed by atoms with van der Waals surface area (Å²) < 4.78 is 26.9. The molecule has 0 aliphatic rings. The van der Waals surface area contributed by atoms with E-state index in [4.69, 9.17) is 23.2 Å². The Morgan fingerprint density at radius 3 is 2.23 bits per heavy atom. The van der Waals surface area contributed by atoms with Gasteiger partial charge in [-0.1, -0.05) is 91.1 Å². The van der Waals surface area contributed by atoms with Gasteiger partial charge in [0.1, 0.15) is 12.6 Å². The number of carbonyl (C=O) groups is 2. The zero-order valence-corrected chi connectivity index (χ0v) is 25.3. The summed E-state index contributed by atoms with van der Waals surface area (Å²) >= 11 is 12.8. The van der Waals surface area contributed by atoms with E-state index in [1.165, 1.54) is 4.90 Å². The maximum Gasteiger partial charge on any atom is 0.244 e. The lowest BCUT2D eigenvalue weighted by Crippen LogP contribution is -2.53. The number of halogens is 2. The number of carbonyl (C=O) groups excluding carboxylic acids is 2. The highest BCUT2D eigenvalue weighted by Gasteiger charge is 2.33. The van der Waals surface area contributed by atoms with E-state index >= 15 is 0 Å². The second kappa shape index (κ2) is 14.5. The Bertz CT molecular complexity index is 1420. The Labute approximate surface area is 247 Å². The lowest BCUT2D eigenvalue weighted by atomic mass is 10.0. The van der Waals surface area contributed by atoms with Gasteiger partial charge in [-0.15, -0.1) is 0 Å². The summed E-state index contributed by atoms with van der Waals surface area (Å²) in [6.45, 7) is 3.69. The van der Waals surface area contributed by atoms with Crippen LogP contribution in [0, 0.1) is 6.92 Å². The monoisotopic (exact) mass is 603 g/mol. The summed E-state index contributed by atoms with van der Waals surface area (Å²) in [5.41, 5.74) is 2.33. The van der Waals surface area contributed by atoms with Crippen LogP contribution in [0.3, 0.4) is 0 Å². The van der Waals surface area contributed by atoms with Gasteiger partial charge in [0.2, 0.25) is 21.8 Å². The largest absolute Gasteiger partial charge is 0.354 e. The first-order valence-corrected chi connectivity index (χ1v) is 15.7. The van der Waals surface area contributed by atoms with Crippen LogP contribution in [0.5, 0.6) is 0 Å². The maximum atomic E-state index is 14.1. The van der Waals surface area contributed by atoms with Crippen molar-refractivity contribution in [3.05, 3.63) is 99.5 Å². The second-order valence-electron chi connectivity index (χ2n) is 9.62. The highest BCUT2D eigenvalue weighted by atomic mass is 35.5. The van der Waals surface area contributed by atoms with Crippen LogP contribution < -0.4 is 9.62 Å². The predicted molar refractivity (Wildman–Crippen MR) is 162 cm³/mol. The van der Waals surface area contributed by atoms with Gasteiger partial charge in [0.25, 0.3) is 0 Å². The molecule has 0 fully saturated rings. The number of amides is 2. The minimum Gasteiger partial charge on any atom is -0.354 e. The molecule has 1 N–H and O–H groups in total.